The zero-order valence-electron chi connectivity index (χ0n) is 27.5. The predicted octanol–water partition coefficient (Wildman–Crippen LogP) is 7.34. The molecule has 0 saturated heterocycles. The lowest BCUT2D eigenvalue weighted by atomic mass is 9.82. The Labute approximate surface area is 283 Å². The molecule has 10 heteroatoms. The highest BCUT2D eigenvalue weighted by Gasteiger charge is 2.36. The summed E-state index contributed by atoms with van der Waals surface area (Å²) in [7, 11) is 0. The number of fused-ring (bicyclic) bond motifs is 3. The summed E-state index contributed by atoms with van der Waals surface area (Å²) in [6.07, 6.45) is 0. The summed E-state index contributed by atoms with van der Waals surface area (Å²) in [5.74, 6) is -0.625. The van der Waals surface area contributed by atoms with Crippen LogP contribution in [0.15, 0.2) is 109 Å². The van der Waals surface area contributed by atoms with Gasteiger partial charge in [0, 0.05) is 16.6 Å². The Bertz CT molecular complexity index is 1810. The fourth-order valence-corrected chi connectivity index (χ4v) is 5.08. The number of ether oxygens (including phenoxy) is 6. The second-order valence-electron chi connectivity index (χ2n) is 11.8. The molecule has 0 bridgehead atoms. The maximum absolute atomic E-state index is 12.9. The first-order valence-corrected chi connectivity index (χ1v) is 15.2. The lowest BCUT2D eigenvalue weighted by Gasteiger charge is -2.22. The molecule has 1 aliphatic carbocycles. The van der Waals surface area contributed by atoms with E-state index in [4.69, 9.17) is 28.4 Å². The molecule has 5 rings (SSSR count). The van der Waals surface area contributed by atoms with Gasteiger partial charge in [0.05, 0.1) is 11.1 Å². The molecule has 0 amide bonds. The van der Waals surface area contributed by atoms with Crippen LogP contribution in [0.25, 0.3) is 11.1 Å². The molecule has 4 aromatic rings. The quantitative estimate of drug-likeness (QED) is 0.0659. The number of hydrogen-bond acceptors (Lipinski definition) is 10. The van der Waals surface area contributed by atoms with Crippen molar-refractivity contribution in [3.05, 3.63) is 131 Å². The Hall–Kier alpha value is -6.16. The van der Waals surface area contributed by atoms with E-state index in [1.54, 1.807) is 60.7 Å². The van der Waals surface area contributed by atoms with Crippen LogP contribution >= 0.6 is 0 Å². The van der Waals surface area contributed by atoms with Crippen molar-refractivity contribution < 1.29 is 47.6 Å². The third-order valence-electron chi connectivity index (χ3n) is 7.75. The lowest BCUT2D eigenvalue weighted by Crippen LogP contribution is -2.16. The van der Waals surface area contributed by atoms with Gasteiger partial charge >= 0.3 is 23.9 Å². The molecule has 0 aliphatic heterocycles. The van der Waals surface area contributed by atoms with Gasteiger partial charge in [-0.3, -0.25) is 0 Å². The van der Waals surface area contributed by atoms with Gasteiger partial charge in [-0.2, -0.15) is 0 Å². The Morgan fingerprint density at radius 2 is 0.898 bits per heavy atom. The van der Waals surface area contributed by atoms with Gasteiger partial charge in [-0.1, -0.05) is 39.1 Å². The van der Waals surface area contributed by atoms with Crippen LogP contribution in [-0.4, -0.2) is 37.5 Å². The van der Waals surface area contributed by atoms with Gasteiger partial charge in [0.1, 0.15) is 23.0 Å². The molecule has 4 aromatic carbocycles. The second-order valence-corrected chi connectivity index (χ2v) is 11.8. The van der Waals surface area contributed by atoms with E-state index in [0.717, 1.165) is 22.3 Å². The van der Waals surface area contributed by atoms with Crippen LogP contribution in [0.3, 0.4) is 0 Å². The summed E-state index contributed by atoms with van der Waals surface area (Å²) in [5.41, 5.74) is 4.53. The minimum Gasteiger partial charge on any atom is -0.457 e. The number of carbonyl (C=O) groups excluding carboxylic acids is 4. The molecule has 1 aliphatic rings. The van der Waals surface area contributed by atoms with Crippen LogP contribution in [0, 0.1) is 0 Å². The first-order chi connectivity index (χ1) is 23.3. The van der Waals surface area contributed by atoms with Crippen molar-refractivity contribution in [1.29, 1.82) is 0 Å². The van der Waals surface area contributed by atoms with E-state index in [2.05, 4.69) is 13.2 Å². The SMILES string of the molecule is C=C(C)C(=O)OCOc1ccc(C(=O)Oc2ccc3c(c2)C(C)(C)c2cc(OC(=O)c4ccc(OCOC(=O)C(=C)C)cc4)ccc2-3)cc1. The summed E-state index contributed by atoms with van der Waals surface area (Å²) in [6, 6.07) is 23.5. The predicted molar refractivity (Wildman–Crippen MR) is 180 cm³/mol. The summed E-state index contributed by atoms with van der Waals surface area (Å²) < 4.78 is 32.0. The molecule has 0 fully saturated rings. The molecule has 250 valence electrons. The first-order valence-electron chi connectivity index (χ1n) is 15.2. The minimum atomic E-state index is -0.558. The van der Waals surface area contributed by atoms with Crippen LogP contribution in [0.2, 0.25) is 0 Å². The van der Waals surface area contributed by atoms with Crippen molar-refractivity contribution in [2.45, 2.75) is 33.1 Å². The van der Waals surface area contributed by atoms with Crippen LogP contribution < -0.4 is 18.9 Å². The number of esters is 4. The maximum atomic E-state index is 12.9. The number of hydrogen-bond donors (Lipinski definition) is 0. The van der Waals surface area contributed by atoms with Gasteiger partial charge in [0.2, 0.25) is 13.6 Å². The molecular formula is C39H34O10. The molecule has 0 radical (unpaired) electrons. The zero-order chi connectivity index (χ0) is 35.3. The highest BCUT2D eigenvalue weighted by Crippen LogP contribution is 2.50. The monoisotopic (exact) mass is 662 g/mol. The van der Waals surface area contributed by atoms with Gasteiger partial charge in [-0.25, -0.2) is 19.2 Å². The third-order valence-corrected chi connectivity index (χ3v) is 7.75. The molecule has 0 aromatic heterocycles. The van der Waals surface area contributed by atoms with E-state index in [1.807, 2.05) is 38.1 Å². The Balaban J connectivity index is 1.21. The largest absolute Gasteiger partial charge is 0.457 e. The fourth-order valence-electron chi connectivity index (χ4n) is 5.08. The number of carbonyl (C=O) groups is 4. The molecule has 0 unspecified atom stereocenters. The second kappa shape index (κ2) is 14.3. The van der Waals surface area contributed by atoms with E-state index >= 15 is 0 Å². The van der Waals surface area contributed by atoms with E-state index in [-0.39, 0.29) is 24.7 Å². The summed E-state index contributed by atoms with van der Waals surface area (Å²) in [4.78, 5) is 48.9. The average Bonchev–Trinajstić information content (AvgIpc) is 3.30. The fraction of sp³-hybridized carbons (Fsp3) is 0.179. The van der Waals surface area contributed by atoms with Crippen LogP contribution in [0.1, 0.15) is 59.5 Å². The summed E-state index contributed by atoms with van der Waals surface area (Å²) in [6.45, 7) is 13.6. The van der Waals surface area contributed by atoms with Crippen molar-refractivity contribution in [2.75, 3.05) is 13.6 Å². The highest BCUT2D eigenvalue weighted by atomic mass is 16.7. The van der Waals surface area contributed by atoms with Gasteiger partial charge in [0.15, 0.2) is 0 Å². The average molecular weight is 663 g/mol. The van der Waals surface area contributed by atoms with Crippen LogP contribution in [-0.2, 0) is 24.5 Å². The molecule has 0 N–H and O–H groups in total. The zero-order valence-corrected chi connectivity index (χ0v) is 27.5. The number of benzene rings is 4. The van der Waals surface area contributed by atoms with Crippen molar-refractivity contribution >= 4 is 23.9 Å². The summed E-state index contributed by atoms with van der Waals surface area (Å²) in [5, 5.41) is 0. The summed E-state index contributed by atoms with van der Waals surface area (Å²) >= 11 is 0. The molecule has 10 nitrogen and oxygen atoms in total. The van der Waals surface area contributed by atoms with E-state index in [0.29, 0.717) is 34.1 Å². The van der Waals surface area contributed by atoms with Gasteiger partial charge in [-0.15, -0.1) is 0 Å². The van der Waals surface area contributed by atoms with Crippen molar-refractivity contribution in [3.8, 4) is 34.1 Å². The molecule has 0 saturated carbocycles. The van der Waals surface area contributed by atoms with Crippen LogP contribution in [0.5, 0.6) is 23.0 Å². The molecule has 49 heavy (non-hydrogen) atoms. The Morgan fingerprint density at radius 1 is 0.551 bits per heavy atom. The van der Waals surface area contributed by atoms with Crippen molar-refractivity contribution in [2.24, 2.45) is 0 Å². The molecule has 0 atom stereocenters. The van der Waals surface area contributed by atoms with Gasteiger partial charge in [0.25, 0.3) is 0 Å². The minimum absolute atomic E-state index is 0.265. The number of rotatable bonds is 12. The molecular weight excluding hydrogens is 628 g/mol. The van der Waals surface area contributed by atoms with E-state index in [9.17, 15) is 19.2 Å². The normalized spacial score (nSPS) is 12.1. The lowest BCUT2D eigenvalue weighted by molar-refractivity contribution is -0.146. The van der Waals surface area contributed by atoms with Gasteiger partial charge in [-0.05, 0) is 109 Å². The Kier molecular flexibility index (Phi) is 9.98. The first kappa shape index (κ1) is 34.2. The van der Waals surface area contributed by atoms with E-state index in [1.165, 1.54) is 13.8 Å². The topological polar surface area (TPSA) is 124 Å². The smallest absolute Gasteiger partial charge is 0.343 e. The molecule has 0 heterocycles. The maximum Gasteiger partial charge on any atom is 0.343 e. The van der Waals surface area contributed by atoms with Crippen LogP contribution in [0.4, 0.5) is 0 Å². The highest BCUT2D eigenvalue weighted by molar-refractivity contribution is 5.93. The van der Waals surface area contributed by atoms with Gasteiger partial charge < -0.3 is 28.4 Å². The molecule has 0 spiro atoms. The van der Waals surface area contributed by atoms with E-state index < -0.39 is 29.3 Å². The standard InChI is InChI=1S/C39H34O10/c1-23(2)35(40)46-21-44-27-11-7-25(8-12-27)37(42)48-29-15-17-31-32-18-16-30(20-34(32)39(5,6)33(31)19-29)49-38(43)26-9-13-28(14-10-26)45-22-47-36(41)24(3)4/h7-20H,1,3,21-22H2,2,4-6H3. The Morgan fingerprint density at radius 3 is 1.24 bits per heavy atom. The third kappa shape index (κ3) is 7.87. The van der Waals surface area contributed by atoms with Crippen molar-refractivity contribution in [1.82, 2.24) is 0 Å². The van der Waals surface area contributed by atoms with Crippen molar-refractivity contribution in [3.63, 3.8) is 0 Å².